The van der Waals surface area contributed by atoms with Crippen molar-refractivity contribution < 1.29 is 8.42 Å². The van der Waals surface area contributed by atoms with Gasteiger partial charge in [0.15, 0.2) is 15.7 Å². The van der Waals surface area contributed by atoms with Gasteiger partial charge in [-0.3, -0.25) is 5.10 Å². The lowest BCUT2D eigenvalue weighted by atomic mass is 10.4. The summed E-state index contributed by atoms with van der Waals surface area (Å²) in [5.74, 6) is 1.69. The molecule has 8 heteroatoms. The molecule has 1 N–H and O–H groups in total. The van der Waals surface area contributed by atoms with Crippen LogP contribution in [0.3, 0.4) is 0 Å². The first kappa shape index (κ1) is 15.5. The molecule has 2 rings (SSSR count). The fourth-order valence-electron chi connectivity index (χ4n) is 1.49. The predicted molar refractivity (Wildman–Crippen MR) is 84.0 cm³/mol. The standard InChI is InChI=1S/C12H17N3O2S3/c1-9(2)20(16,17)8-4-7-19-12-13-11(14-15-12)10-5-3-6-18-10/h3,5-6,9H,4,7-8H2,1-2H3,(H,13,14,15). The second-order valence-electron chi connectivity index (χ2n) is 4.56. The van der Waals surface area contributed by atoms with Gasteiger partial charge in [0.2, 0.25) is 5.16 Å². The van der Waals surface area contributed by atoms with Crippen molar-refractivity contribution in [3.63, 3.8) is 0 Å². The third-order valence-electron chi connectivity index (χ3n) is 2.74. The summed E-state index contributed by atoms with van der Waals surface area (Å²) in [6.45, 7) is 3.43. The Bertz CT molecular complexity index is 633. The number of sulfone groups is 1. The summed E-state index contributed by atoms with van der Waals surface area (Å²) in [7, 11) is -2.94. The summed E-state index contributed by atoms with van der Waals surface area (Å²) in [6, 6.07) is 3.95. The highest BCUT2D eigenvalue weighted by molar-refractivity contribution is 7.99. The Morgan fingerprint density at radius 2 is 2.25 bits per heavy atom. The average Bonchev–Trinajstić information content (AvgIpc) is 3.05. The maximum Gasteiger partial charge on any atom is 0.208 e. The zero-order valence-electron chi connectivity index (χ0n) is 11.4. The first-order valence-electron chi connectivity index (χ1n) is 6.29. The number of nitrogens with one attached hydrogen (secondary N) is 1. The second kappa shape index (κ2) is 6.73. The molecule has 2 aromatic rings. The molecule has 0 fully saturated rings. The van der Waals surface area contributed by atoms with Gasteiger partial charge in [0, 0.05) is 5.75 Å². The first-order chi connectivity index (χ1) is 9.49. The zero-order valence-corrected chi connectivity index (χ0v) is 13.8. The van der Waals surface area contributed by atoms with Gasteiger partial charge in [-0.25, -0.2) is 13.4 Å². The normalized spacial score (nSPS) is 12.2. The van der Waals surface area contributed by atoms with Crippen molar-refractivity contribution >= 4 is 32.9 Å². The minimum absolute atomic E-state index is 0.222. The highest BCUT2D eigenvalue weighted by Gasteiger charge is 2.15. The highest BCUT2D eigenvalue weighted by atomic mass is 32.2. The van der Waals surface area contributed by atoms with Crippen LogP contribution < -0.4 is 0 Å². The molecule has 2 aromatic heterocycles. The third kappa shape index (κ3) is 4.07. The minimum Gasteiger partial charge on any atom is -0.257 e. The number of nitrogens with zero attached hydrogens (tertiary/aromatic N) is 2. The van der Waals surface area contributed by atoms with Crippen LogP contribution in [-0.4, -0.2) is 40.4 Å². The van der Waals surface area contributed by atoms with E-state index < -0.39 is 9.84 Å². The van der Waals surface area contributed by atoms with Gasteiger partial charge in [-0.1, -0.05) is 17.8 Å². The summed E-state index contributed by atoms with van der Waals surface area (Å²) in [6.07, 6.45) is 0.619. The quantitative estimate of drug-likeness (QED) is 0.623. The lowest BCUT2D eigenvalue weighted by Gasteiger charge is -2.06. The molecule has 0 aromatic carbocycles. The summed E-state index contributed by atoms with van der Waals surface area (Å²) in [5.41, 5.74) is 0. The highest BCUT2D eigenvalue weighted by Crippen LogP contribution is 2.23. The lowest BCUT2D eigenvalue weighted by molar-refractivity contribution is 0.586. The second-order valence-corrected chi connectivity index (χ2v) is 9.25. The van der Waals surface area contributed by atoms with Crippen molar-refractivity contribution in [2.75, 3.05) is 11.5 Å². The Morgan fingerprint density at radius 1 is 1.45 bits per heavy atom. The van der Waals surface area contributed by atoms with Gasteiger partial charge in [-0.05, 0) is 31.7 Å². The van der Waals surface area contributed by atoms with Gasteiger partial charge in [-0.15, -0.1) is 16.4 Å². The molecule has 0 radical (unpaired) electrons. The number of thioether (sulfide) groups is 1. The van der Waals surface area contributed by atoms with Gasteiger partial charge in [-0.2, -0.15) is 0 Å². The van der Waals surface area contributed by atoms with Gasteiger partial charge in [0.25, 0.3) is 0 Å². The van der Waals surface area contributed by atoms with Crippen molar-refractivity contribution in [2.45, 2.75) is 30.7 Å². The number of hydrogen-bond acceptors (Lipinski definition) is 6. The van der Waals surface area contributed by atoms with E-state index >= 15 is 0 Å². The fourth-order valence-corrected chi connectivity index (χ4v) is 4.10. The summed E-state index contributed by atoms with van der Waals surface area (Å²) >= 11 is 3.08. The van der Waals surface area contributed by atoms with Gasteiger partial charge in [0.1, 0.15) is 0 Å². The van der Waals surface area contributed by atoms with Crippen molar-refractivity contribution in [3.05, 3.63) is 17.5 Å². The molecule has 110 valence electrons. The van der Waals surface area contributed by atoms with E-state index in [0.29, 0.717) is 17.3 Å². The fraction of sp³-hybridized carbons (Fsp3) is 0.500. The maximum atomic E-state index is 11.7. The summed E-state index contributed by atoms with van der Waals surface area (Å²) in [5, 5.41) is 9.36. The smallest absolute Gasteiger partial charge is 0.208 e. The topological polar surface area (TPSA) is 75.7 Å². The van der Waals surface area contributed by atoms with Crippen molar-refractivity contribution in [3.8, 4) is 10.7 Å². The lowest BCUT2D eigenvalue weighted by Crippen LogP contribution is -2.18. The molecule has 0 amide bonds. The zero-order chi connectivity index (χ0) is 14.6. The predicted octanol–water partition coefficient (Wildman–Crippen LogP) is 2.84. The van der Waals surface area contributed by atoms with Crippen LogP contribution in [0.5, 0.6) is 0 Å². The Morgan fingerprint density at radius 3 is 2.90 bits per heavy atom. The Kier molecular flexibility index (Phi) is 5.22. The van der Waals surface area contributed by atoms with E-state index in [1.165, 1.54) is 11.8 Å². The van der Waals surface area contributed by atoms with Gasteiger partial charge in [0.05, 0.1) is 15.9 Å². The van der Waals surface area contributed by atoms with Crippen molar-refractivity contribution in [2.24, 2.45) is 0 Å². The van der Waals surface area contributed by atoms with E-state index in [2.05, 4.69) is 15.2 Å². The van der Waals surface area contributed by atoms with Gasteiger partial charge >= 0.3 is 0 Å². The Labute approximate surface area is 127 Å². The van der Waals surface area contributed by atoms with E-state index in [0.717, 1.165) is 10.7 Å². The van der Waals surface area contributed by atoms with E-state index in [9.17, 15) is 8.42 Å². The number of aromatic nitrogens is 3. The molecule has 5 nitrogen and oxygen atoms in total. The molecule has 0 saturated carbocycles. The molecule has 20 heavy (non-hydrogen) atoms. The molecular weight excluding hydrogens is 314 g/mol. The van der Waals surface area contributed by atoms with Crippen LogP contribution in [0.2, 0.25) is 0 Å². The molecule has 0 aliphatic carbocycles. The molecule has 2 heterocycles. The molecule has 0 saturated heterocycles. The molecule has 0 unspecified atom stereocenters. The van der Waals surface area contributed by atoms with Crippen LogP contribution >= 0.6 is 23.1 Å². The molecule has 0 aliphatic rings. The first-order valence-corrected chi connectivity index (χ1v) is 9.88. The van der Waals surface area contributed by atoms with E-state index in [4.69, 9.17) is 0 Å². The van der Waals surface area contributed by atoms with Crippen LogP contribution in [0.1, 0.15) is 20.3 Å². The number of aromatic amines is 1. The number of hydrogen-bond donors (Lipinski definition) is 1. The Balaban J connectivity index is 1.81. The third-order valence-corrected chi connectivity index (χ3v) is 6.85. The molecule has 0 spiro atoms. The van der Waals surface area contributed by atoms with E-state index in [-0.39, 0.29) is 11.0 Å². The van der Waals surface area contributed by atoms with Crippen LogP contribution in [-0.2, 0) is 9.84 Å². The molecule has 0 atom stereocenters. The van der Waals surface area contributed by atoms with Crippen molar-refractivity contribution in [1.29, 1.82) is 0 Å². The SMILES string of the molecule is CC(C)S(=O)(=O)CCCSc1n[nH]c(-c2cccs2)n1. The van der Waals surface area contributed by atoms with Crippen molar-refractivity contribution in [1.82, 2.24) is 15.2 Å². The van der Waals surface area contributed by atoms with Crippen LogP contribution in [0.25, 0.3) is 10.7 Å². The molecule has 0 aliphatic heterocycles. The van der Waals surface area contributed by atoms with E-state index in [1.807, 2.05) is 17.5 Å². The summed E-state index contributed by atoms with van der Waals surface area (Å²) in [4.78, 5) is 5.43. The summed E-state index contributed by atoms with van der Waals surface area (Å²) < 4.78 is 23.3. The molecular formula is C12H17N3O2S3. The number of thiophene rings is 1. The van der Waals surface area contributed by atoms with E-state index in [1.54, 1.807) is 25.2 Å². The molecule has 0 bridgehead atoms. The monoisotopic (exact) mass is 331 g/mol. The number of H-pyrrole nitrogens is 1. The Hall–Kier alpha value is -0.860. The van der Waals surface area contributed by atoms with Crippen LogP contribution in [0.4, 0.5) is 0 Å². The minimum atomic E-state index is -2.94. The number of rotatable bonds is 7. The van der Waals surface area contributed by atoms with Crippen LogP contribution in [0.15, 0.2) is 22.7 Å². The van der Waals surface area contributed by atoms with Gasteiger partial charge < -0.3 is 0 Å². The van der Waals surface area contributed by atoms with Crippen LogP contribution in [0, 0.1) is 0 Å². The largest absolute Gasteiger partial charge is 0.257 e. The maximum absolute atomic E-state index is 11.7. The average molecular weight is 331 g/mol.